The van der Waals surface area contributed by atoms with Gasteiger partial charge in [-0.05, 0) is 23.7 Å². The summed E-state index contributed by atoms with van der Waals surface area (Å²) < 4.78 is 22.4. The lowest BCUT2D eigenvalue weighted by Gasteiger charge is -2.42. The lowest BCUT2D eigenvalue weighted by molar-refractivity contribution is -0.122. The number of nitrogens with zero attached hydrogens (tertiary/aromatic N) is 3. The number of pyridine rings is 1. The highest BCUT2D eigenvalue weighted by atomic mass is 28.3. The van der Waals surface area contributed by atoms with Gasteiger partial charge in [-0.1, -0.05) is 50.0 Å². The quantitative estimate of drug-likeness (QED) is 0.366. The number of carbonyl (C=O) groups is 3. The van der Waals surface area contributed by atoms with Crippen molar-refractivity contribution in [2.75, 3.05) is 36.3 Å². The smallest absolute Gasteiger partial charge is 0.416 e. The Bertz CT molecular complexity index is 1230. The minimum absolute atomic E-state index is 0.0677. The first-order valence-corrected chi connectivity index (χ1v) is 16.8. The van der Waals surface area contributed by atoms with Gasteiger partial charge in [0.1, 0.15) is 24.8 Å². The van der Waals surface area contributed by atoms with E-state index in [1.54, 1.807) is 12.1 Å². The number of aromatic nitrogens is 1. The Balaban J connectivity index is 1.17. The van der Waals surface area contributed by atoms with Crippen LogP contribution in [0, 0.1) is 0 Å². The van der Waals surface area contributed by atoms with E-state index in [0.29, 0.717) is 36.8 Å². The summed E-state index contributed by atoms with van der Waals surface area (Å²) in [4.78, 5) is 45.1. The van der Waals surface area contributed by atoms with Crippen LogP contribution in [0.3, 0.4) is 0 Å². The molecule has 2 aliphatic heterocycles. The van der Waals surface area contributed by atoms with E-state index in [-0.39, 0.29) is 38.4 Å². The van der Waals surface area contributed by atoms with Gasteiger partial charge in [0.25, 0.3) is 5.91 Å². The molecule has 12 heteroatoms. The van der Waals surface area contributed by atoms with Crippen LogP contribution in [-0.4, -0.2) is 69.3 Å². The average Bonchev–Trinajstić information content (AvgIpc) is 3.23. The highest BCUT2D eigenvalue weighted by Crippen LogP contribution is 2.43. The molecule has 0 radical (unpaired) electrons. The molecule has 3 heterocycles. The Morgan fingerprint density at radius 1 is 1.15 bits per heavy atom. The highest BCUT2D eigenvalue weighted by molar-refractivity contribution is 6.76. The molecular formula is C27H34N4O7Si. The summed E-state index contributed by atoms with van der Waals surface area (Å²) in [5.41, 5.74) is 0.192. The number of hydrogen-bond acceptors (Lipinski definition) is 8. The highest BCUT2D eigenvalue weighted by Gasteiger charge is 2.55. The molecule has 1 aromatic heterocycles. The van der Waals surface area contributed by atoms with Crippen LogP contribution in [0.15, 0.2) is 42.5 Å². The first-order chi connectivity index (χ1) is 18.6. The number of nitrogens with one attached hydrogen (secondary N) is 1. The third-order valence-electron chi connectivity index (χ3n) is 6.97. The molecular weight excluding hydrogens is 520 g/mol. The van der Waals surface area contributed by atoms with Crippen molar-refractivity contribution >= 4 is 37.8 Å². The Morgan fingerprint density at radius 2 is 1.92 bits per heavy atom. The summed E-state index contributed by atoms with van der Waals surface area (Å²) in [6, 6.07) is 13.6. The molecule has 1 aliphatic carbocycles. The fraction of sp³-hybridized carbons (Fsp3) is 0.481. The molecule has 1 N–H and O–H groups in total. The maximum absolute atomic E-state index is 12.8. The number of alkyl carbamates (subject to hydrolysis) is 1. The third kappa shape index (κ3) is 6.33. The van der Waals surface area contributed by atoms with Gasteiger partial charge >= 0.3 is 12.2 Å². The van der Waals surface area contributed by atoms with Crippen LogP contribution >= 0.6 is 0 Å². The molecule has 1 spiro atoms. The number of benzene rings is 1. The van der Waals surface area contributed by atoms with Crippen molar-refractivity contribution in [3.63, 3.8) is 0 Å². The standard InChI is InChI=1S/C27H34N4O7Si/c1-39(2,3)12-11-35-18-31-23(32)16-36-21-9-10-22(29-24(21)31)30-17-27(38-26(30)34)13-20(14-27)28-25(33)37-15-19-7-5-4-6-8-19/h4-10,20H,11-18H2,1-3H3,(H,28,33). The van der Waals surface area contributed by atoms with E-state index < -0.39 is 25.9 Å². The van der Waals surface area contributed by atoms with Gasteiger partial charge in [-0.15, -0.1) is 0 Å². The van der Waals surface area contributed by atoms with E-state index in [0.717, 1.165) is 11.6 Å². The van der Waals surface area contributed by atoms with Crippen LogP contribution in [0.1, 0.15) is 18.4 Å². The van der Waals surface area contributed by atoms with Crippen molar-refractivity contribution in [2.45, 2.75) is 56.8 Å². The maximum atomic E-state index is 12.8. The van der Waals surface area contributed by atoms with Crippen molar-refractivity contribution in [1.82, 2.24) is 10.3 Å². The molecule has 208 valence electrons. The average molecular weight is 555 g/mol. The van der Waals surface area contributed by atoms with Gasteiger partial charge in [-0.2, -0.15) is 0 Å². The monoisotopic (exact) mass is 554 g/mol. The molecule has 0 bridgehead atoms. The second-order valence-corrected chi connectivity index (χ2v) is 17.0. The third-order valence-corrected chi connectivity index (χ3v) is 8.67. The lowest BCUT2D eigenvalue weighted by atomic mass is 9.75. The van der Waals surface area contributed by atoms with Crippen LogP contribution in [0.5, 0.6) is 5.75 Å². The van der Waals surface area contributed by atoms with E-state index >= 15 is 0 Å². The summed E-state index contributed by atoms with van der Waals surface area (Å²) in [5.74, 6) is 0.878. The van der Waals surface area contributed by atoms with E-state index in [1.165, 1.54) is 9.80 Å². The largest absolute Gasteiger partial charge is 0.480 e. The number of hydrogen-bond donors (Lipinski definition) is 1. The summed E-state index contributed by atoms with van der Waals surface area (Å²) in [7, 11) is -1.27. The number of amides is 3. The molecule has 0 atom stereocenters. The second kappa shape index (κ2) is 10.9. The van der Waals surface area contributed by atoms with Crippen molar-refractivity contribution in [3.05, 3.63) is 48.0 Å². The first-order valence-electron chi connectivity index (χ1n) is 13.1. The van der Waals surface area contributed by atoms with Gasteiger partial charge in [0, 0.05) is 33.6 Å². The molecule has 3 amide bonds. The Morgan fingerprint density at radius 3 is 2.67 bits per heavy atom. The molecule has 1 saturated heterocycles. The van der Waals surface area contributed by atoms with Crippen LogP contribution in [0.2, 0.25) is 25.7 Å². The van der Waals surface area contributed by atoms with Gasteiger partial charge in [-0.3, -0.25) is 14.6 Å². The summed E-state index contributed by atoms with van der Waals surface area (Å²) in [6.07, 6.45) is -0.0833. The predicted molar refractivity (Wildman–Crippen MR) is 146 cm³/mol. The zero-order chi connectivity index (χ0) is 27.6. The van der Waals surface area contributed by atoms with Gasteiger partial charge in [0.15, 0.2) is 18.2 Å². The number of rotatable bonds is 9. The molecule has 2 fully saturated rings. The van der Waals surface area contributed by atoms with Crippen LogP contribution in [0.4, 0.5) is 21.2 Å². The molecule has 2 aromatic rings. The van der Waals surface area contributed by atoms with E-state index in [1.807, 2.05) is 30.3 Å². The van der Waals surface area contributed by atoms with Crippen molar-refractivity contribution < 1.29 is 33.3 Å². The van der Waals surface area contributed by atoms with Crippen LogP contribution in [0.25, 0.3) is 0 Å². The summed E-state index contributed by atoms with van der Waals surface area (Å²) in [5, 5.41) is 2.83. The summed E-state index contributed by atoms with van der Waals surface area (Å²) in [6.45, 7) is 7.80. The second-order valence-electron chi connectivity index (χ2n) is 11.4. The van der Waals surface area contributed by atoms with E-state index in [4.69, 9.17) is 18.9 Å². The maximum Gasteiger partial charge on any atom is 0.416 e. The molecule has 11 nitrogen and oxygen atoms in total. The molecule has 1 aromatic carbocycles. The number of carbonyl (C=O) groups excluding carboxylic acids is 3. The zero-order valence-corrected chi connectivity index (χ0v) is 23.5. The van der Waals surface area contributed by atoms with E-state index in [2.05, 4.69) is 29.9 Å². The normalized spacial score (nSPS) is 22.2. The topological polar surface area (TPSA) is 120 Å². The van der Waals surface area contributed by atoms with Crippen molar-refractivity contribution in [3.8, 4) is 5.75 Å². The Labute approximate surface area is 228 Å². The van der Waals surface area contributed by atoms with Crippen LogP contribution in [-0.2, 0) is 25.6 Å². The predicted octanol–water partition coefficient (Wildman–Crippen LogP) is 3.90. The van der Waals surface area contributed by atoms with E-state index in [9.17, 15) is 14.4 Å². The van der Waals surface area contributed by atoms with Crippen molar-refractivity contribution in [2.24, 2.45) is 0 Å². The SMILES string of the molecule is C[Si](C)(C)CCOCN1C(=O)COc2ccc(N3CC4(CC(NC(=O)OCc5ccccc5)C4)OC3=O)nc21. The molecule has 3 aliphatic rings. The summed E-state index contributed by atoms with van der Waals surface area (Å²) >= 11 is 0. The Hall–Kier alpha value is -3.64. The number of fused-ring (bicyclic) bond motifs is 1. The minimum atomic E-state index is -1.27. The van der Waals surface area contributed by atoms with Gasteiger partial charge in [0.05, 0.1) is 6.54 Å². The minimum Gasteiger partial charge on any atom is -0.480 e. The molecule has 1 saturated carbocycles. The number of anilines is 2. The number of ether oxygens (including phenoxy) is 4. The van der Waals surface area contributed by atoms with Crippen LogP contribution < -0.4 is 19.9 Å². The molecule has 5 rings (SSSR count). The molecule has 39 heavy (non-hydrogen) atoms. The Kier molecular flexibility index (Phi) is 7.50. The fourth-order valence-electron chi connectivity index (χ4n) is 4.77. The van der Waals surface area contributed by atoms with Gasteiger partial charge in [0.2, 0.25) is 0 Å². The van der Waals surface area contributed by atoms with Gasteiger partial charge in [-0.25, -0.2) is 14.6 Å². The fourth-order valence-corrected chi connectivity index (χ4v) is 5.53. The molecule has 0 unspecified atom stereocenters. The zero-order valence-electron chi connectivity index (χ0n) is 22.5. The lowest BCUT2D eigenvalue weighted by Crippen LogP contribution is -2.57. The van der Waals surface area contributed by atoms with Gasteiger partial charge < -0.3 is 24.3 Å². The van der Waals surface area contributed by atoms with Crippen molar-refractivity contribution in [1.29, 1.82) is 0 Å². The first kappa shape index (κ1) is 26.9.